The third kappa shape index (κ3) is 6.65. The molecule has 2 fully saturated rings. The molecule has 2 aromatic rings. The van der Waals surface area contributed by atoms with E-state index < -0.39 is 0 Å². The third-order valence-electron chi connectivity index (χ3n) is 7.07. The van der Waals surface area contributed by atoms with Gasteiger partial charge in [0.25, 0.3) is 0 Å². The number of rotatable bonds is 14. The molecule has 4 rings (SSSR count). The number of ether oxygens (including phenoxy) is 5. The molecular weight excluding hydrogens is 416 g/mol. The fourth-order valence-corrected chi connectivity index (χ4v) is 4.08. The minimum Gasteiger partial charge on any atom is -0.380 e. The predicted octanol–water partition coefficient (Wildman–Crippen LogP) is 5.29. The van der Waals surface area contributed by atoms with Gasteiger partial charge in [0, 0.05) is 10.8 Å². The normalized spacial score (nSPS) is 18.5. The van der Waals surface area contributed by atoms with Gasteiger partial charge in [0.05, 0.1) is 66.1 Å². The second-order valence-electron chi connectivity index (χ2n) is 9.80. The van der Waals surface area contributed by atoms with E-state index in [1.165, 1.54) is 22.3 Å². The molecule has 0 N–H and O–H groups in total. The van der Waals surface area contributed by atoms with Crippen molar-refractivity contribution in [1.82, 2.24) is 0 Å². The van der Waals surface area contributed by atoms with Gasteiger partial charge in [-0.05, 0) is 35.1 Å². The first kappa shape index (κ1) is 24.4. The average Bonchev–Trinajstić information content (AvgIpc) is 2.79. The van der Waals surface area contributed by atoms with Crippen LogP contribution in [0.4, 0.5) is 0 Å². The zero-order valence-electron chi connectivity index (χ0n) is 20.1. The van der Waals surface area contributed by atoms with Gasteiger partial charge in [-0.15, -0.1) is 0 Å². The molecule has 0 radical (unpaired) electrons. The Labute approximate surface area is 198 Å². The second kappa shape index (κ2) is 11.6. The lowest BCUT2D eigenvalue weighted by molar-refractivity contribution is -0.152. The van der Waals surface area contributed by atoms with E-state index >= 15 is 0 Å². The molecule has 33 heavy (non-hydrogen) atoms. The van der Waals surface area contributed by atoms with Crippen molar-refractivity contribution in [2.24, 2.45) is 10.8 Å². The second-order valence-corrected chi connectivity index (χ2v) is 9.80. The van der Waals surface area contributed by atoms with Crippen LogP contribution in [0.15, 0.2) is 48.5 Å². The van der Waals surface area contributed by atoms with Gasteiger partial charge in [-0.25, -0.2) is 0 Å². The molecule has 0 bridgehead atoms. The van der Waals surface area contributed by atoms with Crippen LogP contribution >= 0.6 is 0 Å². The lowest BCUT2D eigenvalue weighted by Crippen LogP contribution is -2.45. The summed E-state index contributed by atoms with van der Waals surface area (Å²) >= 11 is 0. The van der Waals surface area contributed by atoms with E-state index in [2.05, 4.69) is 62.4 Å². The summed E-state index contributed by atoms with van der Waals surface area (Å²) < 4.78 is 28.5. The summed E-state index contributed by atoms with van der Waals surface area (Å²) in [4.78, 5) is 0. The Hall–Kier alpha value is -1.76. The van der Waals surface area contributed by atoms with Gasteiger partial charge in [-0.2, -0.15) is 0 Å². The van der Waals surface area contributed by atoms with Crippen LogP contribution < -0.4 is 0 Å². The molecule has 0 amide bonds. The minimum atomic E-state index is 0.238. The molecule has 2 aliphatic rings. The summed E-state index contributed by atoms with van der Waals surface area (Å²) in [6.45, 7) is 11.7. The van der Waals surface area contributed by atoms with Crippen LogP contribution in [0.1, 0.15) is 48.9 Å². The SMILES string of the molecule is CCC1(COCc2ccc(COCc3ccc(COCC4(CC)COC4)cc3)cc2)COC1. The lowest BCUT2D eigenvalue weighted by atomic mass is 9.84. The van der Waals surface area contributed by atoms with Crippen molar-refractivity contribution in [3.05, 3.63) is 70.8 Å². The predicted molar refractivity (Wildman–Crippen MR) is 128 cm³/mol. The van der Waals surface area contributed by atoms with Gasteiger partial charge in [0.15, 0.2) is 0 Å². The van der Waals surface area contributed by atoms with Crippen LogP contribution in [-0.2, 0) is 50.1 Å². The van der Waals surface area contributed by atoms with Crippen LogP contribution in [0.3, 0.4) is 0 Å². The third-order valence-corrected chi connectivity index (χ3v) is 7.07. The first-order valence-corrected chi connectivity index (χ1v) is 12.2. The molecule has 0 spiro atoms. The molecule has 0 aliphatic carbocycles. The van der Waals surface area contributed by atoms with Crippen LogP contribution in [0.5, 0.6) is 0 Å². The highest BCUT2D eigenvalue weighted by Crippen LogP contribution is 2.32. The summed E-state index contributed by atoms with van der Waals surface area (Å²) in [6.07, 6.45) is 2.21. The zero-order chi connectivity index (χ0) is 23.0. The summed E-state index contributed by atoms with van der Waals surface area (Å²) in [7, 11) is 0. The summed E-state index contributed by atoms with van der Waals surface area (Å²) in [6, 6.07) is 17.0. The highest BCUT2D eigenvalue weighted by molar-refractivity contribution is 5.23. The molecule has 0 saturated carbocycles. The Balaban J connectivity index is 1.12. The van der Waals surface area contributed by atoms with E-state index in [-0.39, 0.29) is 10.8 Å². The van der Waals surface area contributed by atoms with Gasteiger partial charge in [-0.3, -0.25) is 0 Å². The van der Waals surface area contributed by atoms with Gasteiger partial charge >= 0.3 is 0 Å². The fourth-order valence-electron chi connectivity index (χ4n) is 4.08. The Morgan fingerprint density at radius 1 is 0.545 bits per heavy atom. The first-order valence-electron chi connectivity index (χ1n) is 12.2. The van der Waals surface area contributed by atoms with Crippen molar-refractivity contribution in [3.8, 4) is 0 Å². The van der Waals surface area contributed by atoms with Gasteiger partial charge < -0.3 is 23.7 Å². The fraction of sp³-hybridized carbons (Fsp3) is 0.571. The topological polar surface area (TPSA) is 46.2 Å². The zero-order valence-corrected chi connectivity index (χ0v) is 20.1. The van der Waals surface area contributed by atoms with E-state index in [4.69, 9.17) is 23.7 Å². The number of benzene rings is 2. The molecule has 5 nitrogen and oxygen atoms in total. The van der Waals surface area contributed by atoms with Crippen LogP contribution in [-0.4, -0.2) is 39.6 Å². The Morgan fingerprint density at radius 3 is 1.09 bits per heavy atom. The van der Waals surface area contributed by atoms with E-state index in [0.717, 1.165) is 52.5 Å². The van der Waals surface area contributed by atoms with Crippen LogP contribution in [0.25, 0.3) is 0 Å². The van der Waals surface area contributed by atoms with Crippen molar-refractivity contribution >= 4 is 0 Å². The van der Waals surface area contributed by atoms with Crippen molar-refractivity contribution in [1.29, 1.82) is 0 Å². The first-order chi connectivity index (χ1) is 16.1. The van der Waals surface area contributed by atoms with Gasteiger partial charge in [-0.1, -0.05) is 62.4 Å². The molecule has 2 saturated heterocycles. The molecule has 2 aliphatic heterocycles. The Morgan fingerprint density at radius 2 is 0.848 bits per heavy atom. The maximum Gasteiger partial charge on any atom is 0.0721 e. The summed E-state index contributed by atoms with van der Waals surface area (Å²) in [5, 5.41) is 0. The van der Waals surface area contributed by atoms with E-state index in [1.54, 1.807) is 0 Å². The van der Waals surface area contributed by atoms with E-state index in [1.807, 2.05) is 0 Å². The largest absolute Gasteiger partial charge is 0.380 e. The quantitative estimate of drug-likeness (QED) is 0.388. The molecule has 2 heterocycles. The van der Waals surface area contributed by atoms with Crippen molar-refractivity contribution in [2.45, 2.75) is 53.1 Å². The number of hydrogen-bond donors (Lipinski definition) is 0. The van der Waals surface area contributed by atoms with Gasteiger partial charge in [0.1, 0.15) is 0 Å². The molecule has 0 aromatic heterocycles. The number of hydrogen-bond acceptors (Lipinski definition) is 5. The highest BCUT2D eigenvalue weighted by Gasteiger charge is 2.37. The van der Waals surface area contributed by atoms with E-state index in [0.29, 0.717) is 26.4 Å². The highest BCUT2D eigenvalue weighted by atomic mass is 16.5. The average molecular weight is 455 g/mol. The van der Waals surface area contributed by atoms with Crippen molar-refractivity contribution in [3.63, 3.8) is 0 Å². The van der Waals surface area contributed by atoms with Crippen molar-refractivity contribution in [2.75, 3.05) is 39.6 Å². The Bertz CT molecular complexity index is 755. The lowest BCUT2D eigenvalue weighted by Gasteiger charge is -2.40. The molecule has 0 atom stereocenters. The smallest absolute Gasteiger partial charge is 0.0721 e. The molecule has 5 heteroatoms. The Kier molecular flexibility index (Phi) is 8.55. The maximum absolute atomic E-state index is 5.94. The summed E-state index contributed by atoms with van der Waals surface area (Å²) in [5.41, 5.74) is 5.21. The molecule has 2 aromatic carbocycles. The standard InChI is InChI=1S/C28H38O5/c1-3-27(19-32-20-27)17-30-15-25-9-5-23(6-10-25)13-29-14-24-7-11-26(12-8-24)16-31-18-28(4-2)21-33-22-28/h5-12H,3-4,13-22H2,1-2H3. The molecule has 0 unspecified atom stereocenters. The molecule has 180 valence electrons. The van der Waals surface area contributed by atoms with Gasteiger partial charge in [0.2, 0.25) is 0 Å². The van der Waals surface area contributed by atoms with Crippen LogP contribution in [0.2, 0.25) is 0 Å². The van der Waals surface area contributed by atoms with E-state index in [9.17, 15) is 0 Å². The summed E-state index contributed by atoms with van der Waals surface area (Å²) in [5.74, 6) is 0. The monoisotopic (exact) mass is 454 g/mol. The maximum atomic E-state index is 5.94. The minimum absolute atomic E-state index is 0.238. The van der Waals surface area contributed by atoms with Crippen LogP contribution in [0, 0.1) is 10.8 Å². The van der Waals surface area contributed by atoms with Crippen molar-refractivity contribution < 1.29 is 23.7 Å². The molecular formula is C28H38O5.